The third-order valence-electron chi connectivity index (χ3n) is 1.63. The Morgan fingerprint density at radius 3 is 2.47 bits per heavy atom. The van der Waals surface area contributed by atoms with E-state index >= 15 is 0 Å². The summed E-state index contributed by atoms with van der Waals surface area (Å²) in [5, 5.41) is 18.4. The van der Waals surface area contributed by atoms with Crippen molar-refractivity contribution in [3.8, 4) is 11.8 Å². The van der Waals surface area contributed by atoms with Crippen molar-refractivity contribution < 1.29 is 29.6 Å². The molecule has 0 aromatic carbocycles. The summed E-state index contributed by atoms with van der Waals surface area (Å²) in [5.74, 6) is -1.60. The number of aromatic hydroxyl groups is 2. The highest BCUT2D eigenvalue weighted by atomic mass is 17.2. The molecule has 0 amide bonds. The van der Waals surface area contributed by atoms with Crippen LogP contribution in [0.2, 0.25) is 0 Å². The standard InChI is InChI=1S/C11H16N2O6/c1-11(2,3)19-17-7-12-6-10(16)18-13-8(14)4-5-9(13)15/h4-5,7,14-15H,6H2,1-3H3. The Morgan fingerprint density at radius 1 is 1.37 bits per heavy atom. The number of carbonyl (C=O) groups is 1. The molecule has 0 saturated carbocycles. The average Bonchev–Trinajstić information content (AvgIpc) is 2.59. The molecule has 8 heteroatoms. The van der Waals surface area contributed by atoms with Gasteiger partial charge in [0.2, 0.25) is 18.2 Å². The van der Waals surface area contributed by atoms with E-state index in [1.165, 1.54) is 12.1 Å². The molecule has 0 unspecified atom stereocenters. The van der Waals surface area contributed by atoms with E-state index in [-0.39, 0.29) is 6.54 Å². The monoisotopic (exact) mass is 272 g/mol. The van der Waals surface area contributed by atoms with E-state index in [0.717, 1.165) is 6.40 Å². The van der Waals surface area contributed by atoms with Crippen molar-refractivity contribution in [2.75, 3.05) is 6.54 Å². The quantitative estimate of drug-likeness (QED) is 0.353. The van der Waals surface area contributed by atoms with Crippen molar-refractivity contribution >= 4 is 12.4 Å². The second-order valence-corrected chi connectivity index (χ2v) is 4.55. The lowest BCUT2D eigenvalue weighted by atomic mass is 10.2. The Kier molecular flexibility index (Phi) is 4.76. The lowest BCUT2D eigenvalue weighted by molar-refractivity contribution is -0.283. The zero-order chi connectivity index (χ0) is 14.5. The molecule has 0 spiro atoms. The van der Waals surface area contributed by atoms with E-state index in [4.69, 9.17) is 4.89 Å². The Balaban J connectivity index is 2.35. The second kappa shape index (κ2) is 6.10. The van der Waals surface area contributed by atoms with E-state index in [1.54, 1.807) is 20.8 Å². The van der Waals surface area contributed by atoms with Crippen molar-refractivity contribution in [3.63, 3.8) is 0 Å². The number of nitrogens with zero attached hydrogens (tertiary/aromatic N) is 2. The molecular weight excluding hydrogens is 256 g/mol. The Bertz CT molecular complexity index is 441. The molecule has 1 aromatic rings. The van der Waals surface area contributed by atoms with E-state index in [0.29, 0.717) is 4.73 Å². The molecule has 0 aliphatic heterocycles. The predicted octanol–water partition coefficient (Wildman–Crippen LogP) is 0.629. The minimum atomic E-state index is -0.794. The minimum Gasteiger partial charge on any atom is -0.492 e. The number of rotatable bonds is 5. The van der Waals surface area contributed by atoms with E-state index in [1.807, 2.05) is 0 Å². The fourth-order valence-corrected chi connectivity index (χ4v) is 0.934. The van der Waals surface area contributed by atoms with Crippen LogP contribution in [0.25, 0.3) is 0 Å². The van der Waals surface area contributed by atoms with E-state index in [2.05, 4.69) is 14.7 Å². The van der Waals surface area contributed by atoms with Gasteiger partial charge in [-0.1, -0.05) is 0 Å². The summed E-state index contributed by atoms with van der Waals surface area (Å²) in [5.41, 5.74) is -0.491. The van der Waals surface area contributed by atoms with Gasteiger partial charge in [-0.3, -0.25) is 0 Å². The molecule has 8 nitrogen and oxygen atoms in total. The molecule has 1 heterocycles. The van der Waals surface area contributed by atoms with E-state index in [9.17, 15) is 15.0 Å². The fraction of sp³-hybridized carbons (Fsp3) is 0.455. The Morgan fingerprint density at radius 2 is 1.95 bits per heavy atom. The maximum atomic E-state index is 11.3. The maximum Gasteiger partial charge on any atom is 0.354 e. The molecule has 0 bridgehead atoms. The lowest BCUT2D eigenvalue weighted by Crippen LogP contribution is -2.22. The first-order chi connectivity index (χ1) is 8.79. The average molecular weight is 272 g/mol. The van der Waals surface area contributed by atoms with Crippen molar-refractivity contribution in [2.24, 2.45) is 4.99 Å². The fourth-order valence-electron chi connectivity index (χ4n) is 0.934. The number of hydrogen-bond acceptors (Lipinski definition) is 7. The van der Waals surface area contributed by atoms with E-state index < -0.39 is 23.3 Å². The predicted molar refractivity (Wildman–Crippen MR) is 64.6 cm³/mol. The van der Waals surface area contributed by atoms with Gasteiger partial charge in [-0.2, -0.15) is 4.89 Å². The minimum absolute atomic E-state index is 0.357. The van der Waals surface area contributed by atoms with Crippen LogP contribution in [0.3, 0.4) is 0 Å². The molecule has 0 atom stereocenters. The molecule has 1 aromatic heterocycles. The molecule has 0 aliphatic rings. The lowest BCUT2D eigenvalue weighted by Gasteiger charge is -2.14. The van der Waals surface area contributed by atoms with Crippen LogP contribution in [0, 0.1) is 0 Å². The summed E-state index contributed by atoms with van der Waals surface area (Å²) in [7, 11) is 0. The van der Waals surface area contributed by atoms with Gasteiger partial charge in [-0.05, 0) is 20.8 Å². The van der Waals surface area contributed by atoms with Gasteiger partial charge in [-0.15, -0.1) is 4.73 Å². The second-order valence-electron chi connectivity index (χ2n) is 4.55. The Hall–Kier alpha value is -2.22. The molecular formula is C11H16N2O6. The van der Waals surface area contributed by atoms with Gasteiger partial charge in [0, 0.05) is 12.1 Å². The van der Waals surface area contributed by atoms with Gasteiger partial charge < -0.3 is 19.9 Å². The zero-order valence-corrected chi connectivity index (χ0v) is 10.9. The van der Waals surface area contributed by atoms with Gasteiger partial charge in [0.1, 0.15) is 12.1 Å². The van der Waals surface area contributed by atoms with Crippen LogP contribution in [0.5, 0.6) is 11.8 Å². The summed E-state index contributed by atoms with van der Waals surface area (Å²) >= 11 is 0. The van der Waals surface area contributed by atoms with Crippen molar-refractivity contribution in [2.45, 2.75) is 26.4 Å². The van der Waals surface area contributed by atoms with Crippen LogP contribution < -0.4 is 4.84 Å². The largest absolute Gasteiger partial charge is 0.492 e. The highest BCUT2D eigenvalue weighted by Crippen LogP contribution is 2.18. The number of aliphatic imine (C=N–C) groups is 1. The maximum absolute atomic E-state index is 11.3. The first-order valence-corrected chi connectivity index (χ1v) is 5.43. The smallest absolute Gasteiger partial charge is 0.354 e. The first-order valence-electron chi connectivity index (χ1n) is 5.43. The van der Waals surface area contributed by atoms with Crippen LogP contribution in [0.15, 0.2) is 17.1 Å². The van der Waals surface area contributed by atoms with Gasteiger partial charge in [0.05, 0.1) is 0 Å². The highest BCUT2D eigenvalue weighted by Gasteiger charge is 2.12. The summed E-state index contributed by atoms with van der Waals surface area (Å²) < 4.78 is 0.574. The van der Waals surface area contributed by atoms with Crippen LogP contribution in [-0.4, -0.2) is 39.5 Å². The zero-order valence-electron chi connectivity index (χ0n) is 10.9. The topological polar surface area (TPSA) is 103 Å². The van der Waals surface area contributed by atoms with Gasteiger partial charge >= 0.3 is 5.97 Å². The third-order valence-corrected chi connectivity index (χ3v) is 1.63. The third kappa shape index (κ3) is 5.30. The van der Waals surface area contributed by atoms with Crippen molar-refractivity contribution in [3.05, 3.63) is 12.1 Å². The van der Waals surface area contributed by atoms with Crippen LogP contribution in [0.4, 0.5) is 0 Å². The Labute approximate surface area is 109 Å². The molecule has 1 rings (SSSR count). The summed E-state index contributed by atoms with van der Waals surface area (Å²) in [4.78, 5) is 29.0. The summed E-state index contributed by atoms with van der Waals surface area (Å²) in [6.45, 7) is 5.00. The molecule has 19 heavy (non-hydrogen) atoms. The van der Waals surface area contributed by atoms with Crippen LogP contribution >= 0.6 is 0 Å². The number of aromatic nitrogens is 1. The normalized spacial score (nSPS) is 11.7. The van der Waals surface area contributed by atoms with Crippen LogP contribution in [-0.2, 0) is 14.6 Å². The number of hydrogen-bond donors (Lipinski definition) is 2. The molecule has 106 valence electrons. The first kappa shape index (κ1) is 14.8. The summed E-state index contributed by atoms with van der Waals surface area (Å²) in [6, 6.07) is 2.35. The molecule has 0 saturated heterocycles. The molecule has 0 radical (unpaired) electrons. The van der Waals surface area contributed by atoms with Crippen LogP contribution in [0.1, 0.15) is 20.8 Å². The van der Waals surface area contributed by atoms with Crippen molar-refractivity contribution in [1.29, 1.82) is 0 Å². The van der Waals surface area contributed by atoms with Gasteiger partial charge in [0.15, 0.2) is 0 Å². The molecule has 0 aliphatic carbocycles. The van der Waals surface area contributed by atoms with Gasteiger partial charge in [0.25, 0.3) is 0 Å². The number of carbonyl (C=O) groups excluding carboxylic acids is 1. The molecule has 2 N–H and O–H groups in total. The SMILES string of the molecule is CC(C)(C)OOC=NCC(=O)On1c(O)ccc1O. The highest BCUT2D eigenvalue weighted by molar-refractivity contribution is 5.73. The molecule has 0 fully saturated rings. The van der Waals surface area contributed by atoms with Crippen molar-refractivity contribution in [1.82, 2.24) is 4.73 Å². The summed E-state index contributed by atoms with van der Waals surface area (Å²) in [6.07, 6.45) is 0.960. The van der Waals surface area contributed by atoms with Gasteiger partial charge in [-0.25, -0.2) is 9.79 Å².